The summed E-state index contributed by atoms with van der Waals surface area (Å²) in [5.74, 6) is 0. The molecule has 0 heterocycles. The van der Waals surface area contributed by atoms with Gasteiger partial charge in [0.2, 0.25) is 0 Å². The zero-order valence-electron chi connectivity index (χ0n) is 8.60. The van der Waals surface area contributed by atoms with Crippen LogP contribution < -0.4 is 5.73 Å². The van der Waals surface area contributed by atoms with Gasteiger partial charge in [0.1, 0.15) is 0 Å². The lowest BCUT2D eigenvalue weighted by molar-refractivity contribution is -0.138. The lowest BCUT2D eigenvalue weighted by Crippen LogP contribution is -2.18. The Kier molecular flexibility index (Phi) is 6.23. The van der Waals surface area contributed by atoms with Crippen molar-refractivity contribution in [3.05, 3.63) is 34.3 Å². The second kappa shape index (κ2) is 6.42. The minimum atomic E-state index is -4.53. The first-order valence-corrected chi connectivity index (χ1v) is 4.93. The summed E-state index contributed by atoms with van der Waals surface area (Å²) in [5.41, 5.74) is 4.34. The molecule has 0 aliphatic rings. The second-order valence-electron chi connectivity index (χ2n) is 3.28. The minimum absolute atomic E-state index is 0. The highest BCUT2D eigenvalue weighted by Crippen LogP contribution is 2.38. The molecule has 0 saturated heterocycles. The van der Waals surface area contributed by atoms with Crippen molar-refractivity contribution in [2.75, 3.05) is 6.67 Å². The molecule has 17 heavy (non-hydrogen) atoms. The first kappa shape index (κ1) is 16.5. The van der Waals surface area contributed by atoms with Crippen molar-refractivity contribution in [2.45, 2.75) is 18.6 Å². The molecule has 98 valence electrons. The van der Waals surface area contributed by atoms with E-state index >= 15 is 0 Å². The number of alkyl halides is 4. The Balaban J connectivity index is 0.00000256. The topological polar surface area (TPSA) is 26.0 Å². The van der Waals surface area contributed by atoms with Crippen molar-refractivity contribution in [2.24, 2.45) is 5.73 Å². The first-order valence-electron chi connectivity index (χ1n) is 4.55. The zero-order chi connectivity index (χ0) is 12.3. The van der Waals surface area contributed by atoms with E-state index in [9.17, 15) is 17.6 Å². The Morgan fingerprint density at radius 1 is 1.29 bits per heavy atom. The highest BCUT2D eigenvalue weighted by molar-refractivity contribution is 6.31. The molecule has 1 aromatic carbocycles. The Morgan fingerprint density at radius 2 is 1.88 bits per heavy atom. The molecule has 0 aliphatic carbocycles. The number of hydrogen-bond acceptors (Lipinski definition) is 1. The summed E-state index contributed by atoms with van der Waals surface area (Å²) in [5, 5.41) is -0.0872. The summed E-state index contributed by atoms with van der Waals surface area (Å²) in [6, 6.07) is 2.34. The van der Waals surface area contributed by atoms with Crippen LogP contribution in [-0.4, -0.2) is 6.67 Å². The van der Waals surface area contributed by atoms with Crippen LogP contribution in [0.25, 0.3) is 0 Å². The average molecular weight is 292 g/mol. The summed E-state index contributed by atoms with van der Waals surface area (Å²) < 4.78 is 49.9. The molecular weight excluding hydrogens is 281 g/mol. The molecule has 0 saturated carbocycles. The van der Waals surface area contributed by atoms with Crippen LogP contribution >= 0.6 is 24.0 Å². The van der Waals surface area contributed by atoms with Crippen LogP contribution in [0.5, 0.6) is 0 Å². The van der Waals surface area contributed by atoms with E-state index in [1.165, 1.54) is 12.1 Å². The lowest BCUT2D eigenvalue weighted by atomic mass is 9.98. The van der Waals surface area contributed by atoms with Crippen LogP contribution in [0.3, 0.4) is 0 Å². The standard InChI is InChI=1S/C10H10ClF4N.ClH/c11-7-3-1-2-6(10(13,14)15)9(7)8(16)4-5-12;/h1-3,8H,4-5,16H2;1H/t8-;/m1./s1. The molecule has 0 spiro atoms. The Labute approximate surface area is 107 Å². The number of benzene rings is 1. The van der Waals surface area contributed by atoms with Crippen molar-refractivity contribution in [1.82, 2.24) is 0 Å². The van der Waals surface area contributed by atoms with E-state index in [-0.39, 0.29) is 29.4 Å². The van der Waals surface area contributed by atoms with E-state index in [0.717, 1.165) is 6.07 Å². The van der Waals surface area contributed by atoms with E-state index in [4.69, 9.17) is 17.3 Å². The predicted molar refractivity (Wildman–Crippen MR) is 61.2 cm³/mol. The third-order valence-corrected chi connectivity index (χ3v) is 2.48. The van der Waals surface area contributed by atoms with E-state index in [2.05, 4.69) is 0 Å². The maximum absolute atomic E-state index is 12.6. The van der Waals surface area contributed by atoms with E-state index in [1.807, 2.05) is 0 Å². The molecule has 7 heteroatoms. The van der Waals surface area contributed by atoms with Crippen molar-refractivity contribution in [3.8, 4) is 0 Å². The fraction of sp³-hybridized carbons (Fsp3) is 0.400. The molecule has 1 nitrogen and oxygen atoms in total. The predicted octanol–water partition coefficient (Wildman–Crippen LogP) is 4.14. The first-order chi connectivity index (χ1) is 7.38. The number of nitrogens with two attached hydrogens (primary N) is 1. The van der Waals surface area contributed by atoms with Crippen molar-refractivity contribution >= 4 is 24.0 Å². The molecule has 0 amide bonds. The smallest absolute Gasteiger partial charge is 0.324 e. The van der Waals surface area contributed by atoms with E-state index < -0.39 is 24.5 Å². The quantitative estimate of drug-likeness (QED) is 0.832. The van der Waals surface area contributed by atoms with Gasteiger partial charge < -0.3 is 5.73 Å². The molecule has 0 fully saturated rings. The van der Waals surface area contributed by atoms with Crippen molar-refractivity contribution in [3.63, 3.8) is 0 Å². The summed E-state index contributed by atoms with van der Waals surface area (Å²) in [6.07, 6.45) is -4.72. The van der Waals surface area contributed by atoms with Gasteiger partial charge in [0.05, 0.1) is 12.2 Å². The Hall–Kier alpha value is -0.520. The SMILES string of the molecule is Cl.N[C@H](CCF)c1c(Cl)cccc1C(F)(F)F. The molecule has 1 atom stereocenters. The van der Waals surface area contributed by atoms with Gasteiger partial charge in [-0.05, 0) is 24.1 Å². The molecule has 1 rings (SSSR count). The average Bonchev–Trinajstić information content (AvgIpc) is 2.16. The van der Waals surface area contributed by atoms with Crippen LogP contribution in [-0.2, 0) is 6.18 Å². The molecule has 0 bridgehead atoms. The third-order valence-electron chi connectivity index (χ3n) is 2.15. The second-order valence-corrected chi connectivity index (χ2v) is 3.69. The number of halogens is 6. The summed E-state index contributed by atoms with van der Waals surface area (Å²) >= 11 is 5.66. The van der Waals surface area contributed by atoms with E-state index in [1.54, 1.807) is 0 Å². The zero-order valence-corrected chi connectivity index (χ0v) is 10.2. The van der Waals surface area contributed by atoms with Crippen LogP contribution in [0.1, 0.15) is 23.6 Å². The monoisotopic (exact) mass is 291 g/mol. The van der Waals surface area contributed by atoms with Gasteiger partial charge in [0.15, 0.2) is 0 Å². The summed E-state index contributed by atoms with van der Waals surface area (Å²) in [6.45, 7) is -0.788. The molecule has 0 radical (unpaired) electrons. The fourth-order valence-corrected chi connectivity index (χ4v) is 1.74. The van der Waals surface area contributed by atoms with Gasteiger partial charge in [-0.25, -0.2) is 0 Å². The highest BCUT2D eigenvalue weighted by atomic mass is 35.5. The molecule has 0 aromatic heterocycles. The fourth-order valence-electron chi connectivity index (χ4n) is 1.42. The van der Waals surface area contributed by atoms with E-state index in [0.29, 0.717) is 0 Å². The van der Waals surface area contributed by atoms with Crippen LogP contribution in [0, 0.1) is 0 Å². The lowest BCUT2D eigenvalue weighted by Gasteiger charge is -2.18. The number of hydrogen-bond donors (Lipinski definition) is 1. The van der Waals surface area contributed by atoms with Gasteiger partial charge in [-0.2, -0.15) is 13.2 Å². The molecule has 0 unspecified atom stereocenters. The minimum Gasteiger partial charge on any atom is -0.324 e. The normalized spacial score (nSPS) is 13.1. The third kappa shape index (κ3) is 4.01. The Morgan fingerprint density at radius 3 is 2.35 bits per heavy atom. The molecular formula is C10H11Cl2F4N. The summed E-state index contributed by atoms with van der Waals surface area (Å²) in [4.78, 5) is 0. The van der Waals surface area contributed by atoms with Crippen LogP contribution in [0.15, 0.2) is 18.2 Å². The van der Waals surface area contributed by atoms with Crippen LogP contribution in [0.4, 0.5) is 17.6 Å². The highest BCUT2D eigenvalue weighted by Gasteiger charge is 2.35. The maximum Gasteiger partial charge on any atom is 0.416 e. The van der Waals surface area contributed by atoms with Gasteiger partial charge in [0.25, 0.3) is 0 Å². The molecule has 2 N–H and O–H groups in total. The summed E-state index contributed by atoms with van der Waals surface area (Å²) in [7, 11) is 0. The van der Waals surface area contributed by atoms with Crippen molar-refractivity contribution in [1.29, 1.82) is 0 Å². The van der Waals surface area contributed by atoms with Gasteiger partial charge in [-0.15, -0.1) is 12.4 Å². The largest absolute Gasteiger partial charge is 0.416 e. The van der Waals surface area contributed by atoms with Crippen LogP contribution in [0.2, 0.25) is 5.02 Å². The van der Waals surface area contributed by atoms with Gasteiger partial charge in [-0.1, -0.05) is 17.7 Å². The molecule has 1 aromatic rings. The van der Waals surface area contributed by atoms with Gasteiger partial charge in [0, 0.05) is 11.1 Å². The maximum atomic E-state index is 12.6. The number of rotatable bonds is 3. The molecule has 0 aliphatic heterocycles. The van der Waals surface area contributed by atoms with Gasteiger partial charge in [-0.3, -0.25) is 4.39 Å². The van der Waals surface area contributed by atoms with Crippen molar-refractivity contribution < 1.29 is 17.6 Å². The Bertz CT molecular complexity index is 368. The van der Waals surface area contributed by atoms with Gasteiger partial charge >= 0.3 is 6.18 Å².